The van der Waals surface area contributed by atoms with E-state index >= 15 is 0 Å². The van der Waals surface area contributed by atoms with Crippen LogP contribution in [0.3, 0.4) is 0 Å². The van der Waals surface area contributed by atoms with Crippen LogP contribution in [0.1, 0.15) is 32.6 Å². The second kappa shape index (κ2) is 4.30. The molecule has 1 amide bonds. The lowest BCUT2D eigenvalue weighted by molar-refractivity contribution is -0.142. The summed E-state index contributed by atoms with van der Waals surface area (Å²) in [6, 6.07) is -0.956. The van der Waals surface area contributed by atoms with Crippen LogP contribution in [0.5, 0.6) is 0 Å². The topological polar surface area (TPSA) is 77.8 Å². The molecule has 1 rings (SSSR count). The third-order valence-electron chi connectivity index (χ3n) is 2.63. The van der Waals surface area contributed by atoms with Crippen molar-refractivity contribution >= 4 is 12.1 Å². The summed E-state index contributed by atoms with van der Waals surface area (Å²) in [6.45, 7) is 1.97. The Morgan fingerprint density at radius 2 is 2.00 bits per heavy atom. The van der Waals surface area contributed by atoms with Crippen LogP contribution in [-0.4, -0.2) is 39.3 Å². The fraction of sp³-hybridized carbons (Fsp3) is 0.778. The fourth-order valence-electron chi connectivity index (χ4n) is 2.03. The highest BCUT2D eigenvalue weighted by atomic mass is 16.4. The maximum absolute atomic E-state index is 10.9. The summed E-state index contributed by atoms with van der Waals surface area (Å²) in [5, 5.41) is 17.7. The van der Waals surface area contributed by atoms with Gasteiger partial charge in [-0.25, -0.2) is 9.59 Å². The molecule has 0 spiro atoms. The molecule has 2 atom stereocenters. The molecule has 1 aliphatic rings. The number of hydrogen-bond acceptors (Lipinski definition) is 2. The Labute approximate surface area is 82.3 Å². The number of hydrogen-bond donors (Lipinski definition) is 2. The maximum atomic E-state index is 10.9. The first-order valence-electron chi connectivity index (χ1n) is 4.82. The van der Waals surface area contributed by atoms with E-state index in [2.05, 4.69) is 0 Å². The number of carboxylic acids is 1. The smallest absolute Gasteiger partial charge is 0.408 e. The molecule has 1 saturated heterocycles. The van der Waals surface area contributed by atoms with Crippen molar-refractivity contribution in [3.8, 4) is 0 Å². The molecule has 80 valence electrons. The average Bonchev–Trinajstić information content (AvgIpc) is 2.48. The molecule has 5 nitrogen and oxygen atoms in total. The van der Waals surface area contributed by atoms with Gasteiger partial charge in [-0.1, -0.05) is 13.3 Å². The largest absolute Gasteiger partial charge is 0.480 e. The molecule has 0 aromatic rings. The second-order valence-electron chi connectivity index (χ2n) is 3.56. The Balaban J connectivity index is 2.74. The van der Waals surface area contributed by atoms with Gasteiger partial charge in [0.15, 0.2) is 0 Å². The Morgan fingerprint density at radius 3 is 2.43 bits per heavy atom. The van der Waals surface area contributed by atoms with Crippen molar-refractivity contribution in [1.82, 2.24) is 4.90 Å². The lowest BCUT2D eigenvalue weighted by Gasteiger charge is -2.24. The summed E-state index contributed by atoms with van der Waals surface area (Å²) in [5.41, 5.74) is 0. The second-order valence-corrected chi connectivity index (χ2v) is 3.56. The van der Waals surface area contributed by atoms with Gasteiger partial charge < -0.3 is 10.2 Å². The fourth-order valence-corrected chi connectivity index (χ4v) is 2.03. The van der Waals surface area contributed by atoms with Crippen LogP contribution in [-0.2, 0) is 4.79 Å². The van der Waals surface area contributed by atoms with Crippen molar-refractivity contribution in [3.63, 3.8) is 0 Å². The average molecular weight is 201 g/mol. The zero-order valence-electron chi connectivity index (χ0n) is 8.14. The molecular weight excluding hydrogens is 186 g/mol. The summed E-state index contributed by atoms with van der Waals surface area (Å²) in [4.78, 5) is 22.7. The highest BCUT2D eigenvalue weighted by Gasteiger charge is 2.40. The number of likely N-dealkylation sites (tertiary alicyclic amines) is 1. The lowest BCUT2D eigenvalue weighted by atomic mass is 10.1. The molecule has 1 aliphatic heterocycles. The molecule has 14 heavy (non-hydrogen) atoms. The van der Waals surface area contributed by atoms with Gasteiger partial charge in [-0.05, 0) is 19.3 Å². The minimum Gasteiger partial charge on any atom is -0.480 e. The van der Waals surface area contributed by atoms with Crippen molar-refractivity contribution in [2.75, 3.05) is 0 Å². The first-order valence-corrected chi connectivity index (χ1v) is 4.82. The quantitative estimate of drug-likeness (QED) is 0.723. The highest BCUT2D eigenvalue weighted by molar-refractivity contribution is 5.80. The first-order chi connectivity index (χ1) is 6.57. The minimum atomic E-state index is -1.12. The van der Waals surface area contributed by atoms with Crippen molar-refractivity contribution in [3.05, 3.63) is 0 Å². The standard InChI is InChI=1S/C9H15NO4/c1-2-3-6-4-5-7(8(11)12)10(6)9(13)14/h6-7H,2-5H2,1H3,(H,11,12)(H,13,14)/t6-,7-/m1/s1. The number of carbonyl (C=O) groups is 2. The van der Waals surface area contributed by atoms with Crippen LogP contribution in [0, 0.1) is 0 Å². The van der Waals surface area contributed by atoms with Gasteiger partial charge in [0.2, 0.25) is 0 Å². The molecule has 0 radical (unpaired) electrons. The zero-order chi connectivity index (χ0) is 10.7. The van der Waals surface area contributed by atoms with Gasteiger partial charge in [0.05, 0.1) is 0 Å². The molecular formula is C9H15NO4. The van der Waals surface area contributed by atoms with Crippen molar-refractivity contribution < 1.29 is 19.8 Å². The number of aliphatic carboxylic acids is 1. The number of nitrogens with zero attached hydrogens (tertiary/aromatic N) is 1. The van der Waals surface area contributed by atoms with Gasteiger partial charge in [-0.2, -0.15) is 0 Å². The Bertz CT molecular complexity index is 241. The van der Waals surface area contributed by atoms with Crippen molar-refractivity contribution in [1.29, 1.82) is 0 Å². The molecule has 1 fully saturated rings. The SMILES string of the molecule is CCC[C@@H]1CC[C@H](C(=O)O)N1C(=O)O. The molecule has 0 aromatic heterocycles. The number of carboxylic acid groups (broad SMARTS) is 2. The van der Waals surface area contributed by atoms with Gasteiger partial charge >= 0.3 is 12.1 Å². The molecule has 0 unspecified atom stereocenters. The Morgan fingerprint density at radius 1 is 1.36 bits per heavy atom. The van der Waals surface area contributed by atoms with Crippen LogP contribution in [0.15, 0.2) is 0 Å². The van der Waals surface area contributed by atoms with Gasteiger partial charge in [0, 0.05) is 6.04 Å². The van der Waals surface area contributed by atoms with Gasteiger partial charge in [0.1, 0.15) is 6.04 Å². The maximum Gasteiger partial charge on any atom is 0.408 e. The molecule has 0 bridgehead atoms. The van der Waals surface area contributed by atoms with Crippen LogP contribution in [0.2, 0.25) is 0 Å². The third kappa shape index (κ3) is 1.97. The van der Waals surface area contributed by atoms with Crippen molar-refractivity contribution in [2.45, 2.75) is 44.7 Å². The van der Waals surface area contributed by atoms with E-state index in [0.29, 0.717) is 12.8 Å². The van der Waals surface area contributed by atoms with E-state index in [1.165, 1.54) is 0 Å². The summed E-state index contributed by atoms with van der Waals surface area (Å²) in [6.07, 6.45) is 1.61. The predicted molar refractivity (Wildman–Crippen MR) is 49.2 cm³/mol. The third-order valence-corrected chi connectivity index (χ3v) is 2.63. The van der Waals surface area contributed by atoms with Crippen LogP contribution in [0.25, 0.3) is 0 Å². The van der Waals surface area contributed by atoms with E-state index in [0.717, 1.165) is 17.7 Å². The molecule has 2 N–H and O–H groups in total. The monoisotopic (exact) mass is 201 g/mol. The summed E-state index contributed by atoms with van der Waals surface area (Å²) >= 11 is 0. The van der Waals surface area contributed by atoms with Crippen molar-refractivity contribution in [2.24, 2.45) is 0 Å². The summed E-state index contributed by atoms with van der Waals surface area (Å²) < 4.78 is 0. The zero-order valence-corrected chi connectivity index (χ0v) is 8.14. The van der Waals surface area contributed by atoms with E-state index in [4.69, 9.17) is 10.2 Å². The molecule has 0 aromatic carbocycles. The normalized spacial score (nSPS) is 26.5. The van der Waals surface area contributed by atoms with E-state index in [9.17, 15) is 9.59 Å². The minimum absolute atomic E-state index is 0.112. The Kier molecular flexibility index (Phi) is 3.33. The molecule has 5 heteroatoms. The number of amides is 1. The lowest BCUT2D eigenvalue weighted by Crippen LogP contribution is -2.44. The van der Waals surface area contributed by atoms with Crippen LogP contribution < -0.4 is 0 Å². The van der Waals surface area contributed by atoms with Gasteiger partial charge in [0.25, 0.3) is 0 Å². The first kappa shape index (κ1) is 10.8. The van der Waals surface area contributed by atoms with Gasteiger partial charge in [-0.3, -0.25) is 4.90 Å². The Hall–Kier alpha value is -1.26. The molecule has 0 aliphatic carbocycles. The van der Waals surface area contributed by atoms with Gasteiger partial charge in [-0.15, -0.1) is 0 Å². The molecule has 0 saturated carbocycles. The van der Waals surface area contributed by atoms with E-state index in [-0.39, 0.29) is 6.04 Å². The van der Waals surface area contributed by atoms with E-state index in [1.54, 1.807) is 0 Å². The van der Waals surface area contributed by atoms with Crippen LogP contribution in [0.4, 0.5) is 4.79 Å². The van der Waals surface area contributed by atoms with E-state index in [1.807, 2.05) is 6.92 Å². The predicted octanol–water partition coefficient (Wildman–Crippen LogP) is 1.38. The molecule has 1 heterocycles. The van der Waals surface area contributed by atoms with E-state index < -0.39 is 18.1 Å². The number of rotatable bonds is 3. The highest BCUT2D eigenvalue weighted by Crippen LogP contribution is 2.27. The summed E-state index contributed by atoms with van der Waals surface area (Å²) in [7, 11) is 0. The van der Waals surface area contributed by atoms with Crippen LogP contribution >= 0.6 is 0 Å². The summed E-state index contributed by atoms with van der Waals surface area (Å²) in [5.74, 6) is -1.04.